The molecule has 1 aromatic carbocycles. The van der Waals surface area contributed by atoms with E-state index in [1.165, 1.54) is 25.7 Å². The van der Waals surface area contributed by atoms with E-state index in [4.69, 9.17) is 0 Å². The molecule has 5 heteroatoms. The van der Waals surface area contributed by atoms with Crippen LogP contribution in [-0.4, -0.2) is 23.6 Å². The molecule has 4 nitrogen and oxygen atoms in total. The average Bonchev–Trinajstić information content (AvgIpc) is 2.60. The second-order valence-corrected chi connectivity index (χ2v) is 6.53. The van der Waals surface area contributed by atoms with Gasteiger partial charge in [0, 0.05) is 28.3 Å². The molecule has 108 valence electrons. The summed E-state index contributed by atoms with van der Waals surface area (Å²) in [4.78, 5) is 14.0. The molecule has 0 radical (unpaired) electrons. The highest BCUT2D eigenvalue weighted by Crippen LogP contribution is 2.40. The lowest BCUT2D eigenvalue weighted by Gasteiger charge is -2.31. The summed E-state index contributed by atoms with van der Waals surface area (Å²) in [5.41, 5.74) is 2.50. The van der Waals surface area contributed by atoms with Crippen molar-refractivity contribution in [3.8, 4) is 0 Å². The van der Waals surface area contributed by atoms with Crippen molar-refractivity contribution >= 4 is 33.2 Å². The lowest BCUT2D eigenvalue weighted by atomic mass is 10.1. The van der Waals surface area contributed by atoms with Crippen LogP contribution in [0.15, 0.2) is 16.6 Å². The molecule has 2 N–H and O–H groups in total. The zero-order valence-corrected chi connectivity index (χ0v) is 13.1. The normalized spacial score (nSPS) is 26.1. The molecule has 1 saturated heterocycles. The molecule has 2 aliphatic rings. The van der Waals surface area contributed by atoms with Crippen molar-refractivity contribution in [1.82, 2.24) is 0 Å². The third kappa shape index (κ3) is 2.33. The molecule has 0 aliphatic carbocycles. The summed E-state index contributed by atoms with van der Waals surface area (Å²) in [6, 6.07) is 4.34. The second kappa shape index (κ2) is 5.37. The SMILES string of the molecule is CC1CCCCCN1c1cc2c(cc1Br)C(O)C(=O)N2. The Bertz CT molecular complexity index is 547. The van der Waals surface area contributed by atoms with E-state index in [2.05, 4.69) is 33.1 Å². The van der Waals surface area contributed by atoms with Crippen molar-refractivity contribution in [2.45, 2.75) is 44.8 Å². The van der Waals surface area contributed by atoms with Crippen molar-refractivity contribution in [2.75, 3.05) is 16.8 Å². The predicted octanol–water partition coefficient (Wildman–Crippen LogP) is 3.20. The van der Waals surface area contributed by atoms with E-state index in [0.29, 0.717) is 11.6 Å². The molecular formula is C15H19BrN2O2. The number of amides is 1. The molecule has 2 atom stereocenters. The molecule has 1 aromatic rings. The fraction of sp³-hybridized carbons (Fsp3) is 0.533. The van der Waals surface area contributed by atoms with Gasteiger partial charge in [0.15, 0.2) is 6.10 Å². The lowest BCUT2D eigenvalue weighted by Crippen LogP contribution is -2.32. The van der Waals surface area contributed by atoms with Crippen LogP contribution >= 0.6 is 15.9 Å². The van der Waals surface area contributed by atoms with Gasteiger partial charge in [-0.3, -0.25) is 4.79 Å². The molecule has 2 unspecified atom stereocenters. The molecule has 0 aromatic heterocycles. The number of carbonyl (C=O) groups is 1. The number of halogens is 1. The molecule has 2 aliphatic heterocycles. The van der Waals surface area contributed by atoms with Gasteiger partial charge in [-0.2, -0.15) is 0 Å². The summed E-state index contributed by atoms with van der Waals surface area (Å²) >= 11 is 3.59. The molecular weight excluding hydrogens is 320 g/mol. The van der Waals surface area contributed by atoms with Crippen LogP contribution in [0.1, 0.15) is 44.3 Å². The van der Waals surface area contributed by atoms with Gasteiger partial charge in [0.1, 0.15) is 0 Å². The first-order chi connectivity index (χ1) is 9.58. The van der Waals surface area contributed by atoms with Crippen molar-refractivity contribution in [3.05, 3.63) is 22.2 Å². The Labute approximate surface area is 127 Å². The monoisotopic (exact) mass is 338 g/mol. The number of nitrogens with zero attached hydrogens (tertiary/aromatic N) is 1. The fourth-order valence-corrected chi connectivity index (χ4v) is 3.70. The smallest absolute Gasteiger partial charge is 0.257 e. The molecule has 0 bridgehead atoms. The van der Waals surface area contributed by atoms with Crippen LogP contribution in [0.4, 0.5) is 11.4 Å². The van der Waals surface area contributed by atoms with Crippen molar-refractivity contribution in [2.24, 2.45) is 0 Å². The third-order valence-corrected chi connectivity index (χ3v) is 4.92. The maximum atomic E-state index is 11.6. The summed E-state index contributed by atoms with van der Waals surface area (Å²) in [5, 5.41) is 12.6. The number of aliphatic hydroxyl groups excluding tert-OH is 1. The summed E-state index contributed by atoms with van der Waals surface area (Å²) in [5.74, 6) is -0.340. The van der Waals surface area contributed by atoms with E-state index in [9.17, 15) is 9.90 Å². The minimum atomic E-state index is -1.04. The minimum absolute atomic E-state index is 0.340. The quantitative estimate of drug-likeness (QED) is 0.826. The van der Waals surface area contributed by atoms with E-state index in [1.807, 2.05) is 12.1 Å². The average molecular weight is 339 g/mol. The summed E-state index contributed by atoms with van der Waals surface area (Å²) in [6.45, 7) is 3.29. The second-order valence-electron chi connectivity index (χ2n) is 5.67. The number of fused-ring (bicyclic) bond motifs is 1. The van der Waals surface area contributed by atoms with Gasteiger partial charge < -0.3 is 15.3 Å². The standard InChI is InChI=1S/C15H19BrN2O2/c1-9-5-3-2-4-6-18(9)13-8-12-10(7-11(13)16)14(19)15(20)17-12/h7-9,14,19H,2-6H2,1H3,(H,17,20). The van der Waals surface area contributed by atoms with E-state index in [-0.39, 0.29) is 5.91 Å². The Morgan fingerprint density at radius 3 is 2.95 bits per heavy atom. The van der Waals surface area contributed by atoms with Gasteiger partial charge in [0.2, 0.25) is 0 Å². The molecule has 2 heterocycles. The number of nitrogens with one attached hydrogen (secondary N) is 1. The van der Waals surface area contributed by atoms with Gasteiger partial charge in [-0.05, 0) is 47.8 Å². The Kier molecular flexibility index (Phi) is 3.73. The van der Waals surface area contributed by atoms with Gasteiger partial charge >= 0.3 is 0 Å². The van der Waals surface area contributed by atoms with E-state index < -0.39 is 6.10 Å². The van der Waals surface area contributed by atoms with E-state index in [1.54, 1.807) is 0 Å². The van der Waals surface area contributed by atoms with Gasteiger partial charge in [-0.1, -0.05) is 12.8 Å². The highest BCUT2D eigenvalue weighted by atomic mass is 79.9. The van der Waals surface area contributed by atoms with Crippen molar-refractivity contribution in [3.63, 3.8) is 0 Å². The van der Waals surface area contributed by atoms with Crippen LogP contribution in [0.5, 0.6) is 0 Å². The van der Waals surface area contributed by atoms with Gasteiger partial charge in [0.25, 0.3) is 5.91 Å². The topological polar surface area (TPSA) is 52.6 Å². The number of aliphatic hydroxyl groups is 1. The molecule has 3 rings (SSSR count). The third-order valence-electron chi connectivity index (χ3n) is 4.28. The van der Waals surface area contributed by atoms with Crippen LogP contribution < -0.4 is 10.2 Å². The number of carbonyl (C=O) groups excluding carboxylic acids is 1. The van der Waals surface area contributed by atoms with Crippen LogP contribution in [0.25, 0.3) is 0 Å². The Balaban J connectivity index is 1.98. The van der Waals surface area contributed by atoms with Gasteiger partial charge in [-0.25, -0.2) is 0 Å². The molecule has 0 spiro atoms. The van der Waals surface area contributed by atoms with Gasteiger partial charge in [0.05, 0.1) is 5.69 Å². The summed E-state index contributed by atoms with van der Waals surface area (Å²) in [7, 11) is 0. The molecule has 20 heavy (non-hydrogen) atoms. The lowest BCUT2D eigenvalue weighted by molar-refractivity contribution is -0.123. The Morgan fingerprint density at radius 2 is 2.15 bits per heavy atom. The number of hydrogen-bond acceptors (Lipinski definition) is 3. The fourth-order valence-electron chi connectivity index (χ4n) is 3.11. The highest BCUT2D eigenvalue weighted by Gasteiger charge is 2.30. The first kappa shape index (κ1) is 13.9. The zero-order valence-electron chi connectivity index (χ0n) is 11.5. The first-order valence-electron chi connectivity index (χ1n) is 7.17. The number of hydrogen-bond donors (Lipinski definition) is 2. The molecule has 1 amide bonds. The van der Waals surface area contributed by atoms with E-state index >= 15 is 0 Å². The van der Waals surface area contributed by atoms with E-state index in [0.717, 1.165) is 22.4 Å². The molecule has 1 fully saturated rings. The van der Waals surface area contributed by atoms with Gasteiger partial charge in [-0.15, -0.1) is 0 Å². The number of anilines is 2. The highest BCUT2D eigenvalue weighted by molar-refractivity contribution is 9.10. The first-order valence-corrected chi connectivity index (χ1v) is 7.96. The number of benzene rings is 1. The predicted molar refractivity (Wildman–Crippen MR) is 83.0 cm³/mol. The zero-order chi connectivity index (χ0) is 14.3. The van der Waals surface area contributed by atoms with Crippen molar-refractivity contribution < 1.29 is 9.90 Å². The van der Waals surface area contributed by atoms with Crippen LogP contribution in [-0.2, 0) is 4.79 Å². The van der Waals surface area contributed by atoms with Crippen LogP contribution in [0, 0.1) is 0 Å². The summed E-state index contributed by atoms with van der Waals surface area (Å²) < 4.78 is 0.945. The number of rotatable bonds is 1. The van der Waals surface area contributed by atoms with Crippen LogP contribution in [0.2, 0.25) is 0 Å². The summed E-state index contributed by atoms with van der Waals surface area (Å²) in [6.07, 6.45) is 3.90. The minimum Gasteiger partial charge on any atom is -0.378 e. The molecule has 0 saturated carbocycles. The Morgan fingerprint density at radius 1 is 1.35 bits per heavy atom. The maximum absolute atomic E-state index is 11.6. The largest absolute Gasteiger partial charge is 0.378 e. The maximum Gasteiger partial charge on any atom is 0.257 e. The van der Waals surface area contributed by atoms with Crippen LogP contribution in [0.3, 0.4) is 0 Å². The van der Waals surface area contributed by atoms with Crippen molar-refractivity contribution in [1.29, 1.82) is 0 Å². The Hall–Kier alpha value is -1.07.